The second-order valence-corrected chi connectivity index (χ2v) is 6.93. The fourth-order valence-corrected chi connectivity index (χ4v) is 3.55. The molecular weight excluding hydrogens is 398 g/mol. The summed E-state index contributed by atoms with van der Waals surface area (Å²) >= 11 is 11.7. The number of benzene rings is 2. The number of hydrogen-bond acceptors (Lipinski definition) is 4. The van der Waals surface area contributed by atoms with Crippen molar-refractivity contribution in [3.05, 3.63) is 64.3 Å². The number of methoxy groups -OCH3 is 2. The van der Waals surface area contributed by atoms with Crippen LogP contribution in [0.1, 0.15) is 18.5 Å². The molecule has 1 amide bonds. The van der Waals surface area contributed by atoms with Crippen LogP contribution in [0.3, 0.4) is 0 Å². The fourth-order valence-electron chi connectivity index (χ4n) is 3.04. The highest BCUT2D eigenvalue weighted by Gasteiger charge is 2.31. The fraction of sp³-hybridized carbons (Fsp3) is 0.200. The smallest absolute Gasteiger partial charge is 0.255 e. The van der Waals surface area contributed by atoms with Gasteiger partial charge in [0.2, 0.25) is 0 Å². The van der Waals surface area contributed by atoms with E-state index in [9.17, 15) is 4.79 Å². The van der Waals surface area contributed by atoms with E-state index in [0.29, 0.717) is 38.6 Å². The molecule has 6 nitrogen and oxygen atoms in total. The Labute approximate surface area is 173 Å². The van der Waals surface area contributed by atoms with E-state index in [1.165, 1.54) is 7.11 Å². The molecule has 0 radical (unpaired) electrons. The quantitative estimate of drug-likeness (QED) is 0.643. The van der Waals surface area contributed by atoms with Gasteiger partial charge in [0.05, 0.1) is 31.5 Å². The first-order chi connectivity index (χ1) is 13.4. The molecule has 2 aromatic carbocycles. The topological polar surface area (TPSA) is 71.6 Å². The Balaban J connectivity index is 2.00. The van der Waals surface area contributed by atoms with Crippen molar-refractivity contribution >= 4 is 40.5 Å². The zero-order valence-corrected chi connectivity index (χ0v) is 17.2. The van der Waals surface area contributed by atoms with E-state index in [0.717, 1.165) is 5.56 Å². The number of carbonyl (C=O) groups is 1. The monoisotopic (exact) mass is 417 g/mol. The molecule has 3 rings (SSSR count). The summed E-state index contributed by atoms with van der Waals surface area (Å²) in [6.45, 7) is 1.80. The molecule has 2 aromatic rings. The van der Waals surface area contributed by atoms with Gasteiger partial charge < -0.3 is 25.4 Å². The summed E-state index contributed by atoms with van der Waals surface area (Å²) in [7, 11) is 3.10. The van der Waals surface area contributed by atoms with Gasteiger partial charge in [-0.05, 0) is 42.9 Å². The first-order valence-corrected chi connectivity index (χ1v) is 9.29. The second-order valence-electron chi connectivity index (χ2n) is 6.11. The lowest BCUT2D eigenvalue weighted by molar-refractivity contribution is -0.113. The Bertz CT molecular complexity index is 961. The summed E-state index contributed by atoms with van der Waals surface area (Å²) in [6, 6.07) is 12.0. The zero-order valence-electron chi connectivity index (χ0n) is 15.6. The van der Waals surface area contributed by atoms with Crippen LogP contribution in [0.25, 0.3) is 0 Å². The number of allylic oxidation sites excluding steroid dienone is 1. The van der Waals surface area contributed by atoms with E-state index in [1.807, 2.05) is 18.2 Å². The summed E-state index contributed by atoms with van der Waals surface area (Å²) in [6.07, 6.45) is 0. The van der Waals surface area contributed by atoms with E-state index in [-0.39, 0.29) is 5.91 Å². The predicted octanol–water partition coefficient (Wildman–Crippen LogP) is 3.79. The highest BCUT2D eigenvalue weighted by Crippen LogP contribution is 2.34. The Morgan fingerprint density at radius 3 is 2.61 bits per heavy atom. The zero-order chi connectivity index (χ0) is 20.3. The molecule has 8 heteroatoms. The van der Waals surface area contributed by atoms with Crippen molar-refractivity contribution in [2.45, 2.75) is 13.0 Å². The van der Waals surface area contributed by atoms with Crippen LogP contribution in [0.15, 0.2) is 53.7 Å². The third kappa shape index (κ3) is 4.05. The van der Waals surface area contributed by atoms with E-state index in [4.69, 9.17) is 33.3 Å². The molecule has 0 fully saturated rings. The largest absolute Gasteiger partial charge is 0.497 e. The summed E-state index contributed by atoms with van der Waals surface area (Å²) in [5.74, 6) is 0.816. The molecule has 0 saturated carbocycles. The number of anilines is 1. The molecule has 28 heavy (non-hydrogen) atoms. The number of thiocarbonyl (C=S) groups is 1. The third-order valence-corrected chi connectivity index (χ3v) is 4.95. The average molecular weight is 418 g/mol. The predicted molar refractivity (Wildman–Crippen MR) is 114 cm³/mol. The summed E-state index contributed by atoms with van der Waals surface area (Å²) in [4.78, 5) is 13.2. The lowest BCUT2D eigenvalue weighted by Crippen LogP contribution is -2.45. The van der Waals surface area contributed by atoms with Crippen molar-refractivity contribution in [1.82, 2.24) is 10.6 Å². The van der Waals surface area contributed by atoms with Gasteiger partial charge in [0.25, 0.3) is 5.91 Å². The minimum Gasteiger partial charge on any atom is -0.497 e. The van der Waals surface area contributed by atoms with Crippen LogP contribution in [-0.4, -0.2) is 25.2 Å². The van der Waals surface area contributed by atoms with Crippen LogP contribution in [-0.2, 0) is 4.79 Å². The van der Waals surface area contributed by atoms with Gasteiger partial charge in [-0.2, -0.15) is 0 Å². The molecule has 1 heterocycles. The normalized spacial score (nSPS) is 16.1. The number of ether oxygens (including phenoxy) is 2. The Morgan fingerprint density at radius 1 is 1.18 bits per heavy atom. The van der Waals surface area contributed by atoms with Gasteiger partial charge in [0.1, 0.15) is 11.5 Å². The maximum Gasteiger partial charge on any atom is 0.255 e. The van der Waals surface area contributed by atoms with Crippen LogP contribution < -0.4 is 25.4 Å². The molecular formula is C20H20ClN3O3S. The van der Waals surface area contributed by atoms with Gasteiger partial charge >= 0.3 is 0 Å². The van der Waals surface area contributed by atoms with Crippen LogP contribution in [0.5, 0.6) is 11.5 Å². The molecule has 0 bridgehead atoms. The molecule has 0 aromatic heterocycles. The molecule has 0 spiro atoms. The highest BCUT2D eigenvalue weighted by atomic mass is 35.5. The highest BCUT2D eigenvalue weighted by molar-refractivity contribution is 7.80. The maximum absolute atomic E-state index is 13.2. The van der Waals surface area contributed by atoms with Gasteiger partial charge in [-0.3, -0.25) is 4.79 Å². The molecule has 0 aliphatic carbocycles. The van der Waals surface area contributed by atoms with Gasteiger partial charge in [-0.1, -0.05) is 29.8 Å². The van der Waals surface area contributed by atoms with Crippen LogP contribution in [0.2, 0.25) is 5.02 Å². The van der Waals surface area contributed by atoms with E-state index in [1.54, 1.807) is 38.3 Å². The first-order valence-electron chi connectivity index (χ1n) is 8.50. The summed E-state index contributed by atoms with van der Waals surface area (Å²) < 4.78 is 10.6. The number of nitrogens with one attached hydrogen (secondary N) is 3. The number of amides is 1. The molecule has 1 aliphatic heterocycles. The third-order valence-electron chi connectivity index (χ3n) is 4.38. The van der Waals surface area contributed by atoms with Crippen molar-refractivity contribution < 1.29 is 14.3 Å². The molecule has 146 valence electrons. The lowest BCUT2D eigenvalue weighted by Gasteiger charge is -2.31. The standard InChI is InChI=1S/C20H20ClN3O3S/c1-11-17(18(24-20(28)22-11)13-6-4-5-7-14(13)21)19(25)23-15-10-12(26-2)8-9-16(15)27-3/h4-10,18H,1-3H3,(H,23,25)(H2,22,24,28)/t18-/m1/s1. The Hall–Kier alpha value is -2.77. The Kier molecular flexibility index (Phi) is 6.06. The number of halogens is 1. The molecule has 1 aliphatic rings. The van der Waals surface area contributed by atoms with Gasteiger partial charge in [0, 0.05) is 16.8 Å². The minimum atomic E-state index is -0.487. The number of carbonyl (C=O) groups excluding carboxylic acids is 1. The maximum atomic E-state index is 13.2. The second kappa shape index (κ2) is 8.50. The van der Waals surface area contributed by atoms with Crippen molar-refractivity contribution in [3.63, 3.8) is 0 Å². The SMILES string of the molecule is COc1ccc(OC)c(NC(=O)C2=C(C)NC(=S)N[C@@H]2c2ccccc2Cl)c1. The number of rotatable bonds is 5. The van der Waals surface area contributed by atoms with Crippen molar-refractivity contribution in [1.29, 1.82) is 0 Å². The van der Waals surface area contributed by atoms with Crippen molar-refractivity contribution in [2.24, 2.45) is 0 Å². The molecule has 1 atom stereocenters. The lowest BCUT2D eigenvalue weighted by atomic mass is 9.95. The van der Waals surface area contributed by atoms with E-state index in [2.05, 4.69) is 16.0 Å². The van der Waals surface area contributed by atoms with Crippen molar-refractivity contribution in [3.8, 4) is 11.5 Å². The van der Waals surface area contributed by atoms with Crippen LogP contribution in [0, 0.1) is 0 Å². The summed E-state index contributed by atoms with van der Waals surface area (Å²) in [5, 5.41) is 10.0. The first kappa shape index (κ1) is 20.0. The molecule has 3 N–H and O–H groups in total. The van der Waals surface area contributed by atoms with Gasteiger partial charge in [0.15, 0.2) is 5.11 Å². The van der Waals surface area contributed by atoms with E-state index >= 15 is 0 Å². The van der Waals surface area contributed by atoms with Crippen LogP contribution in [0.4, 0.5) is 5.69 Å². The number of hydrogen-bond donors (Lipinski definition) is 3. The van der Waals surface area contributed by atoms with Crippen molar-refractivity contribution in [2.75, 3.05) is 19.5 Å². The molecule has 0 unspecified atom stereocenters. The molecule has 0 saturated heterocycles. The summed E-state index contributed by atoms with van der Waals surface area (Å²) in [5.41, 5.74) is 2.38. The minimum absolute atomic E-state index is 0.309. The Morgan fingerprint density at radius 2 is 1.93 bits per heavy atom. The van der Waals surface area contributed by atoms with E-state index < -0.39 is 6.04 Å². The van der Waals surface area contributed by atoms with Gasteiger partial charge in [-0.15, -0.1) is 0 Å². The average Bonchev–Trinajstić information content (AvgIpc) is 2.67. The van der Waals surface area contributed by atoms with Gasteiger partial charge in [-0.25, -0.2) is 0 Å². The van der Waals surface area contributed by atoms with Crippen LogP contribution >= 0.6 is 23.8 Å².